The van der Waals surface area contributed by atoms with Gasteiger partial charge in [0.05, 0.1) is 11.1 Å². The van der Waals surface area contributed by atoms with Crippen molar-refractivity contribution in [2.45, 2.75) is 80.3 Å². The molecule has 2 nitrogen and oxygen atoms in total. The zero-order chi connectivity index (χ0) is 24.9. The zero-order valence-corrected chi connectivity index (χ0v) is 22.5. The highest BCUT2D eigenvalue weighted by molar-refractivity contribution is 5.76. The molecule has 0 amide bonds. The Hall–Kier alpha value is -3.13. The second-order valence-electron chi connectivity index (χ2n) is 9.87. The van der Waals surface area contributed by atoms with E-state index in [2.05, 4.69) is 117 Å². The van der Waals surface area contributed by atoms with Gasteiger partial charge in [-0.1, -0.05) is 81.4 Å². The number of allylic oxidation sites excluding steroid dienone is 5. The lowest BCUT2D eigenvalue weighted by Gasteiger charge is -2.08. The molecule has 0 atom stereocenters. The van der Waals surface area contributed by atoms with Gasteiger partial charge < -0.3 is 4.57 Å². The number of rotatable bonds is 8. The van der Waals surface area contributed by atoms with Crippen LogP contribution in [-0.2, 0) is 13.1 Å². The molecule has 0 saturated carbocycles. The fourth-order valence-corrected chi connectivity index (χ4v) is 5.33. The minimum Gasteiger partial charge on any atom is -0.348 e. The summed E-state index contributed by atoms with van der Waals surface area (Å²) in [5, 5.41) is 0. The first-order valence-electron chi connectivity index (χ1n) is 13.3. The highest BCUT2D eigenvalue weighted by Gasteiger charge is 2.24. The number of fused-ring (bicyclic) bond motifs is 2. The predicted molar refractivity (Wildman–Crippen MR) is 152 cm³/mol. The van der Waals surface area contributed by atoms with E-state index in [1.54, 1.807) is 0 Å². The third-order valence-electron chi connectivity index (χ3n) is 7.58. The van der Waals surface area contributed by atoms with Crippen molar-refractivity contribution in [2.24, 2.45) is 0 Å². The molecule has 1 aromatic heterocycles. The number of aromatic nitrogens is 2. The summed E-state index contributed by atoms with van der Waals surface area (Å²) in [6, 6.07) is 9.05. The molecule has 0 bridgehead atoms. The van der Waals surface area contributed by atoms with Crippen molar-refractivity contribution in [3.8, 4) is 11.1 Å². The molecule has 2 heteroatoms. The van der Waals surface area contributed by atoms with Crippen LogP contribution in [0, 0.1) is 27.7 Å². The van der Waals surface area contributed by atoms with Gasteiger partial charge in [-0.05, 0) is 43.5 Å². The van der Waals surface area contributed by atoms with Crippen molar-refractivity contribution in [3.05, 3.63) is 93.6 Å². The third kappa shape index (κ3) is 5.12. The van der Waals surface area contributed by atoms with Crippen LogP contribution in [-0.4, -0.2) is 4.57 Å². The van der Waals surface area contributed by atoms with Crippen LogP contribution in [0.15, 0.2) is 54.1 Å². The smallest absolute Gasteiger partial charge is 0.186 e. The topological polar surface area (TPSA) is 8.81 Å². The molecule has 0 N–H and O–H groups in total. The molecule has 3 aliphatic rings. The summed E-state index contributed by atoms with van der Waals surface area (Å²) in [4.78, 5) is 0. The van der Waals surface area contributed by atoms with E-state index in [1.807, 2.05) is 0 Å². The van der Waals surface area contributed by atoms with Gasteiger partial charge in [-0.15, -0.1) is 0 Å². The molecule has 0 saturated heterocycles. The molecule has 1 aliphatic heterocycles. The predicted octanol–water partition coefficient (Wildman–Crippen LogP) is 8.39. The van der Waals surface area contributed by atoms with E-state index in [-0.39, 0.29) is 0 Å². The van der Waals surface area contributed by atoms with Gasteiger partial charge in [0.2, 0.25) is 0 Å². The molecule has 0 radical (unpaired) electrons. The minimum absolute atomic E-state index is 1.11. The second-order valence-corrected chi connectivity index (χ2v) is 9.87. The molecule has 35 heavy (non-hydrogen) atoms. The van der Waals surface area contributed by atoms with E-state index >= 15 is 0 Å². The molecule has 0 aromatic carbocycles. The standard InChI is InChI=1S/C33H41N2/c1-7-9-22-34-24(3)30-18-14-28(15-19-31(30)25(34)4)12-11-13-29-16-20-32-26(5)35(23-10-8-2)27(6)33(32)21-17-29/h11-21H,7-10,22-23H2,1-6H3/q+1. The van der Waals surface area contributed by atoms with Gasteiger partial charge in [-0.2, -0.15) is 4.57 Å². The lowest BCUT2D eigenvalue weighted by Crippen LogP contribution is -2.37. The van der Waals surface area contributed by atoms with Crippen molar-refractivity contribution < 1.29 is 4.57 Å². The van der Waals surface area contributed by atoms with Crippen LogP contribution in [0.1, 0.15) is 79.0 Å². The van der Waals surface area contributed by atoms with Crippen LogP contribution >= 0.6 is 0 Å². The number of hydrogen-bond acceptors (Lipinski definition) is 0. The maximum Gasteiger partial charge on any atom is 0.186 e. The maximum absolute atomic E-state index is 2.48. The fraction of sp³-hybridized carbons (Fsp3) is 0.364. The summed E-state index contributed by atoms with van der Waals surface area (Å²) in [5.41, 5.74) is 13.4. The zero-order valence-electron chi connectivity index (χ0n) is 22.5. The van der Waals surface area contributed by atoms with E-state index in [9.17, 15) is 0 Å². The van der Waals surface area contributed by atoms with E-state index in [0.29, 0.717) is 0 Å². The van der Waals surface area contributed by atoms with Crippen LogP contribution in [0.4, 0.5) is 0 Å². The van der Waals surface area contributed by atoms with Gasteiger partial charge in [0.25, 0.3) is 0 Å². The average Bonchev–Trinajstić information content (AvgIpc) is 3.06. The molecule has 2 aliphatic carbocycles. The first kappa shape index (κ1) is 25.0. The first-order chi connectivity index (χ1) is 17.0. The van der Waals surface area contributed by atoms with Gasteiger partial charge in [-0.25, -0.2) is 0 Å². The molecular formula is C33H41N2+. The molecule has 0 fully saturated rings. The molecule has 0 unspecified atom stereocenters. The van der Waals surface area contributed by atoms with Crippen molar-refractivity contribution >= 4 is 18.2 Å². The number of nitrogens with zero attached hydrogens (tertiary/aromatic N) is 2. The van der Waals surface area contributed by atoms with Crippen LogP contribution in [0.25, 0.3) is 29.4 Å². The molecular weight excluding hydrogens is 424 g/mol. The Morgan fingerprint density at radius 1 is 0.743 bits per heavy atom. The summed E-state index contributed by atoms with van der Waals surface area (Å²) in [6.07, 6.45) is 20.5. The van der Waals surface area contributed by atoms with Crippen molar-refractivity contribution in [2.75, 3.05) is 0 Å². The van der Waals surface area contributed by atoms with Crippen molar-refractivity contribution in [1.82, 2.24) is 4.57 Å². The lowest BCUT2D eigenvalue weighted by atomic mass is 10.1. The minimum atomic E-state index is 1.11. The number of unbranched alkanes of at least 4 members (excludes halogenated alkanes) is 2. The Labute approximate surface area is 212 Å². The SMILES string of the molecule is CCCCn1c(C)c2c(c1C)C=CC(=C/C=C/c1ccc3c(C)[n+](CCCC)c(C)c-3cc1)C=C2. The van der Waals surface area contributed by atoms with Crippen LogP contribution < -0.4 is 4.57 Å². The van der Waals surface area contributed by atoms with Gasteiger partial charge in [0, 0.05) is 49.3 Å². The van der Waals surface area contributed by atoms with Gasteiger partial charge >= 0.3 is 0 Å². The Morgan fingerprint density at radius 3 is 1.86 bits per heavy atom. The maximum atomic E-state index is 2.48. The van der Waals surface area contributed by atoms with E-state index in [1.165, 1.54) is 81.8 Å². The normalized spacial score (nSPS) is 13.1. The van der Waals surface area contributed by atoms with Crippen LogP contribution in [0.5, 0.6) is 0 Å². The average molecular weight is 466 g/mol. The monoisotopic (exact) mass is 465 g/mol. The molecule has 182 valence electrons. The molecule has 4 rings (SSSR count). The quantitative estimate of drug-likeness (QED) is 0.295. The number of hydrogen-bond donors (Lipinski definition) is 0. The largest absolute Gasteiger partial charge is 0.348 e. The summed E-state index contributed by atoms with van der Waals surface area (Å²) >= 11 is 0. The lowest BCUT2D eigenvalue weighted by molar-refractivity contribution is -0.704. The van der Waals surface area contributed by atoms with Crippen molar-refractivity contribution in [3.63, 3.8) is 0 Å². The van der Waals surface area contributed by atoms with Crippen molar-refractivity contribution in [1.29, 1.82) is 0 Å². The highest BCUT2D eigenvalue weighted by Crippen LogP contribution is 2.29. The third-order valence-corrected chi connectivity index (χ3v) is 7.58. The molecule has 0 spiro atoms. The van der Waals surface area contributed by atoms with E-state index in [4.69, 9.17) is 0 Å². The summed E-state index contributed by atoms with van der Waals surface area (Å²) in [5.74, 6) is 0. The van der Waals surface area contributed by atoms with E-state index in [0.717, 1.165) is 13.1 Å². The van der Waals surface area contributed by atoms with Gasteiger partial charge in [-0.3, -0.25) is 0 Å². The Kier molecular flexibility index (Phi) is 7.90. The summed E-state index contributed by atoms with van der Waals surface area (Å²) < 4.78 is 4.96. The highest BCUT2D eigenvalue weighted by atomic mass is 15.0. The van der Waals surface area contributed by atoms with Crippen LogP contribution in [0.2, 0.25) is 0 Å². The second kappa shape index (κ2) is 11.1. The van der Waals surface area contributed by atoms with Gasteiger partial charge in [0.1, 0.15) is 6.54 Å². The Morgan fingerprint density at radius 2 is 1.31 bits per heavy atom. The summed E-state index contributed by atoms with van der Waals surface area (Å²) in [7, 11) is 0. The first-order valence-corrected chi connectivity index (χ1v) is 13.3. The molecule has 1 aromatic rings. The Balaban J connectivity index is 1.54. The van der Waals surface area contributed by atoms with E-state index < -0.39 is 0 Å². The summed E-state index contributed by atoms with van der Waals surface area (Å²) in [6.45, 7) is 15.7. The Bertz CT molecular complexity index is 1210. The molecule has 2 heterocycles. The van der Waals surface area contributed by atoms with Crippen LogP contribution in [0.3, 0.4) is 0 Å². The fourth-order valence-electron chi connectivity index (χ4n) is 5.33. The van der Waals surface area contributed by atoms with Gasteiger partial charge in [0.15, 0.2) is 11.4 Å².